The zero-order valence-electron chi connectivity index (χ0n) is 13.0. The number of ether oxygens (including phenoxy) is 1. The van der Waals surface area contributed by atoms with Gasteiger partial charge in [-0.1, -0.05) is 33.6 Å². The van der Waals surface area contributed by atoms with E-state index in [4.69, 9.17) is 4.74 Å². The predicted octanol–water partition coefficient (Wildman–Crippen LogP) is 2.97. The van der Waals surface area contributed by atoms with Crippen molar-refractivity contribution in [3.05, 3.63) is 0 Å². The van der Waals surface area contributed by atoms with Gasteiger partial charge in [-0.3, -0.25) is 0 Å². The Morgan fingerprint density at radius 1 is 1.16 bits per heavy atom. The van der Waals surface area contributed by atoms with Crippen LogP contribution in [-0.4, -0.2) is 37.0 Å². The molecule has 2 N–H and O–H groups in total. The molecule has 0 heterocycles. The van der Waals surface area contributed by atoms with E-state index in [1.165, 1.54) is 38.5 Å². The zero-order valence-corrected chi connectivity index (χ0v) is 13.0. The molecule has 3 nitrogen and oxygen atoms in total. The number of hydrogen-bond donors (Lipinski definition) is 2. The summed E-state index contributed by atoms with van der Waals surface area (Å²) in [4.78, 5) is 0. The van der Waals surface area contributed by atoms with E-state index in [1.807, 2.05) is 0 Å². The van der Waals surface area contributed by atoms with Gasteiger partial charge in [-0.2, -0.15) is 0 Å². The van der Waals surface area contributed by atoms with Gasteiger partial charge in [-0.15, -0.1) is 0 Å². The van der Waals surface area contributed by atoms with E-state index in [1.54, 1.807) is 0 Å². The molecule has 1 atom stereocenters. The molecule has 0 bridgehead atoms. The highest BCUT2D eigenvalue weighted by Crippen LogP contribution is 2.27. The number of rotatable bonds is 9. The summed E-state index contributed by atoms with van der Waals surface area (Å²) in [6.07, 6.45) is 7.57. The van der Waals surface area contributed by atoms with E-state index in [2.05, 4.69) is 26.1 Å². The second-order valence-electron chi connectivity index (χ2n) is 6.50. The smallest absolute Gasteiger partial charge is 0.0897 e. The van der Waals surface area contributed by atoms with Gasteiger partial charge in [0, 0.05) is 19.2 Å². The predicted molar refractivity (Wildman–Crippen MR) is 80.3 cm³/mol. The van der Waals surface area contributed by atoms with Crippen LogP contribution in [0.1, 0.15) is 59.3 Å². The molecule has 0 aromatic rings. The molecule has 1 rings (SSSR count). The van der Waals surface area contributed by atoms with Crippen LogP contribution in [0.5, 0.6) is 0 Å². The number of nitrogens with one attached hydrogen (secondary N) is 1. The first kappa shape index (κ1) is 16.9. The van der Waals surface area contributed by atoms with Crippen LogP contribution in [0.2, 0.25) is 0 Å². The molecule has 1 aliphatic carbocycles. The van der Waals surface area contributed by atoms with E-state index in [9.17, 15) is 5.11 Å². The molecule has 1 aliphatic rings. The third-order valence-electron chi connectivity index (χ3n) is 3.95. The lowest BCUT2D eigenvalue weighted by molar-refractivity contribution is 0.0241. The third kappa shape index (κ3) is 7.91. The summed E-state index contributed by atoms with van der Waals surface area (Å²) in [5.41, 5.74) is 0. The maximum Gasteiger partial charge on any atom is 0.0897 e. The maximum atomic E-state index is 9.84. The lowest BCUT2D eigenvalue weighted by atomic mass is 9.83. The molecule has 0 aromatic carbocycles. The SMILES string of the molecule is CCCC1CCC(NCC(O)COCC(C)C)CC1. The van der Waals surface area contributed by atoms with E-state index >= 15 is 0 Å². The van der Waals surface area contributed by atoms with Crippen LogP contribution in [0, 0.1) is 11.8 Å². The topological polar surface area (TPSA) is 41.5 Å². The summed E-state index contributed by atoms with van der Waals surface area (Å²) in [5.74, 6) is 1.48. The Labute approximate surface area is 119 Å². The first-order chi connectivity index (χ1) is 9.11. The van der Waals surface area contributed by atoms with E-state index < -0.39 is 0 Å². The molecule has 0 aromatic heterocycles. The highest BCUT2D eigenvalue weighted by atomic mass is 16.5. The van der Waals surface area contributed by atoms with E-state index in [-0.39, 0.29) is 6.10 Å². The van der Waals surface area contributed by atoms with Crippen LogP contribution in [0.25, 0.3) is 0 Å². The summed E-state index contributed by atoms with van der Waals surface area (Å²) in [6, 6.07) is 0.604. The van der Waals surface area contributed by atoms with Gasteiger partial charge in [0.2, 0.25) is 0 Å². The van der Waals surface area contributed by atoms with Gasteiger partial charge in [0.05, 0.1) is 12.7 Å². The average molecular weight is 271 g/mol. The Hall–Kier alpha value is -0.120. The molecule has 19 heavy (non-hydrogen) atoms. The van der Waals surface area contributed by atoms with Crippen molar-refractivity contribution in [3.8, 4) is 0 Å². The van der Waals surface area contributed by atoms with Gasteiger partial charge in [-0.05, 0) is 37.5 Å². The van der Waals surface area contributed by atoms with Gasteiger partial charge in [0.1, 0.15) is 0 Å². The fourth-order valence-corrected chi connectivity index (χ4v) is 2.86. The minimum Gasteiger partial charge on any atom is -0.389 e. The summed E-state index contributed by atoms with van der Waals surface area (Å²) < 4.78 is 5.46. The molecule has 1 saturated carbocycles. The Balaban J connectivity index is 2.03. The summed E-state index contributed by atoms with van der Waals surface area (Å²) in [5, 5.41) is 13.3. The summed E-state index contributed by atoms with van der Waals surface area (Å²) >= 11 is 0. The van der Waals surface area contributed by atoms with Crippen LogP contribution >= 0.6 is 0 Å². The number of hydrogen-bond acceptors (Lipinski definition) is 3. The molecular weight excluding hydrogens is 238 g/mol. The third-order valence-corrected chi connectivity index (χ3v) is 3.95. The Bertz CT molecular complexity index is 213. The van der Waals surface area contributed by atoms with Gasteiger partial charge >= 0.3 is 0 Å². The van der Waals surface area contributed by atoms with Crippen molar-refractivity contribution in [3.63, 3.8) is 0 Å². The summed E-state index contributed by atoms with van der Waals surface area (Å²) in [7, 11) is 0. The van der Waals surface area contributed by atoms with Crippen molar-refractivity contribution >= 4 is 0 Å². The van der Waals surface area contributed by atoms with Crippen LogP contribution < -0.4 is 5.32 Å². The quantitative estimate of drug-likeness (QED) is 0.677. The maximum absolute atomic E-state index is 9.84. The van der Waals surface area contributed by atoms with Crippen LogP contribution in [0.15, 0.2) is 0 Å². The largest absolute Gasteiger partial charge is 0.389 e. The van der Waals surface area contributed by atoms with E-state index in [0.717, 1.165) is 12.5 Å². The molecule has 0 amide bonds. The monoisotopic (exact) mass is 271 g/mol. The fraction of sp³-hybridized carbons (Fsp3) is 1.00. The first-order valence-electron chi connectivity index (χ1n) is 8.11. The van der Waals surface area contributed by atoms with Crippen molar-refractivity contribution in [2.75, 3.05) is 19.8 Å². The first-order valence-corrected chi connectivity index (χ1v) is 8.11. The van der Waals surface area contributed by atoms with Crippen molar-refractivity contribution in [2.24, 2.45) is 11.8 Å². The van der Waals surface area contributed by atoms with Crippen molar-refractivity contribution in [2.45, 2.75) is 71.4 Å². The number of aliphatic hydroxyl groups is 1. The van der Waals surface area contributed by atoms with Crippen LogP contribution in [0.3, 0.4) is 0 Å². The van der Waals surface area contributed by atoms with Gasteiger partial charge < -0.3 is 15.2 Å². The molecule has 0 radical (unpaired) electrons. The average Bonchev–Trinajstić information content (AvgIpc) is 2.38. The highest BCUT2D eigenvalue weighted by Gasteiger charge is 2.20. The van der Waals surface area contributed by atoms with Crippen LogP contribution in [0.4, 0.5) is 0 Å². The molecule has 0 spiro atoms. The van der Waals surface area contributed by atoms with Gasteiger partial charge in [0.25, 0.3) is 0 Å². The summed E-state index contributed by atoms with van der Waals surface area (Å²) in [6.45, 7) is 8.38. The van der Waals surface area contributed by atoms with Crippen LogP contribution in [-0.2, 0) is 4.74 Å². The Morgan fingerprint density at radius 3 is 2.42 bits per heavy atom. The molecule has 0 saturated heterocycles. The van der Waals surface area contributed by atoms with Crippen molar-refractivity contribution < 1.29 is 9.84 Å². The molecule has 0 aliphatic heterocycles. The standard InChI is InChI=1S/C16H33NO2/c1-4-5-14-6-8-15(9-7-14)17-10-16(18)12-19-11-13(2)3/h13-18H,4-12H2,1-3H3. The molecule has 1 unspecified atom stereocenters. The molecule has 1 fully saturated rings. The van der Waals surface area contributed by atoms with Crippen molar-refractivity contribution in [1.29, 1.82) is 0 Å². The Kier molecular flexibility index (Phi) is 8.67. The normalized spacial score (nSPS) is 25.7. The van der Waals surface area contributed by atoms with Gasteiger partial charge in [0.15, 0.2) is 0 Å². The second kappa shape index (κ2) is 9.73. The lowest BCUT2D eigenvalue weighted by Gasteiger charge is -2.29. The molecule has 114 valence electrons. The molecule has 3 heteroatoms. The highest BCUT2D eigenvalue weighted by molar-refractivity contribution is 4.77. The molecular formula is C16H33NO2. The zero-order chi connectivity index (χ0) is 14.1. The number of aliphatic hydroxyl groups excluding tert-OH is 1. The minimum absolute atomic E-state index is 0.368. The second-order valence-corrected chi connectivity index (χ2v) is 6.50. The lowest BCUT2D eigenvalue weighted by Crippen LogP contribution is -2.39. The Morgan fingerprint density at radius 2 is 1.84 bits per heavy atom. The minimum atomic E-state index is -0.368. The van der Waals surface area contributed by atoms with Gasteiger partial charge in [-0.25, -0.2) is 0 Å². The van der Waals surface area contributed by atoms with E-state index in [0.29, 0.717) is 25.1 Å². The van der Waals surface area contributed by atoms with Crippen molar-refractivity contribution in [1.82, 2.24) is 5.32 Å². The fourth-order valence-electron chi connectivity index (χ4n) is 2.86.